The summed E-state index contributed by atoms with van der Waals surface area (Å²) in [6.07, 6.45) is 3.06. The van der Waals surface area contributed by atoms with Crippen LogP contribution in [0.15, 0.2) is 22.7 Å². The third-order valence-electron chi connectivity index (χ3n) is 4.03. The van der Waals surface area contributed by atoms with Gasteiger partial charge in [0.15, 0.2) is 0 Å². The molecule has 104 valence electrons. The maximum atomic E-state index is 5.61. The van der Waals surface area contributed by atoms with Crippen molar-refractivity contribution in [3.63, 3.8) is 0 Å². The molecule has 0 radical (unpaired) electrons. The van der Waals surface area contributed by atoms with Crippen molar-refractivity contribution >= 4 is 0 Å². The first kappa shape index (κ1) is 12.1. The number of fused-ring (bicyclic) bond motifs is 1. The van der Waals surface area contributed by atoms with Crippen LogP contribution in [0.2, 0.25) is 0 Å². The van der Waals surface area contributed by atoms with E-state index in [0.29, 0.717) is 11.7 Å². The maximum absolute atomic E-state index is 5.61. The molecule has 2 aliphatic heterocycles. The minimum absolute atomic E-state index is 0.00806. The van der Waals surface area contributed by atoms with Crippen molar-refractivity contribution in [3.05, 3.63) is 35.2 Å². The monoisotopic (exact) mass is 271 g/mol. The highest BCUT2D eigenvalue weighted by molar-refractivity contribution is 5.61. The van der Waals surface area contributed by atoms with Crippen LogP contribution in [0.1, 0.15) is 35.9 Å². The summed E-state index contributed by atoms with van der Waals surface area (Å²) in [5.74, 6) is 1.30. The van der Waals surface area contributed by atoms with Gasteiger partial charge in [-0.25, -0.2) is 0 Å². The van der Waals surface area contributed by atoms with E-state index in [1.54, 1.807) is 0 Å². The van der Waals surface area contributed by atoms with Crippen molar-refractivity contribution in [2.75, 3.05) is 13.2 Å². The Bertz CT molecular complexity index is 617. The van der Waals surface area contributed by atoms with E-state index < -0.39 is 0 Å². The molecule has 0 aliphatic carbocycles. The first-order valence-electron chi connectivity index (χ1n) is 7.19. The fraction of sp³-hybridized carbons (Fsp3) is 0.467. The van der Waals surface area contributed by atoms with E-state index in [4.69, 9.17) is 9.26 Å². The average molecular weight is 271 g/mol. The topological polar surface area (TPSA) is 60.2 Å². The molecule has 2 aliphatic rings. The van der Waals surface area contributed by atoms with E-state index in [1.807, 2.05) is 0 Å². The number of nitrogens with one attached hydrogen (secondary N) is 1. The maximum Gasteiger partial charge on any atom is 0.258 e. The first-order chi connectivity index (χ1) is 9.92. The van der Waals surface area contributed by atoms with Gasteiger partial charge in [-0.05, 0) is 43.0 Å². The van der Waals surface area contributed by atoms with E-state index in [0.717, 1.165) is 44.5 Å². The fourth-order valence-corrected chi connectivity index (χ4v) is 2.99. The summed E-state index contributed by atoms with van der Waals surface area (Å²) >= 11 is 0. The largest absolute Gasteiger partial charge is 0.370 e. The van der Waals surface area contributed by atoms with Gasteiger partial charge in [0.25, 0.3) is 5.89 Å². The molecule has 5 heteroatoms. The zero-order valence-corrected chi connectivity index (χ0v) is 11.3. The van der Waals surface area contributed by atoms with Gasteiger partial charge >= 0.3 is 0 Å². The molecular weight excluding hydrogens is 254 g/mol. The molecule has 1 unspecified atom stereocenters. The Balaban J connectivity index is 1.70. The van der Waals surface area contributed by atoms with Gasteiger partial charge in [-0.3, -0.25) is 0 Å². The van der Waals surface area contributed by atoms with Crippen LogP contribution in [0.3, 0.4) is 0 Å². The van der Waals surface area contributed by atoms with Gasteiger partial charge in [0.1, 0.15) is 6.10 Å². The van der Waals surface area contributed by atoms with Crippen molar-refractivity contribution < 1.29 is 9.26 Å². The van der Waals surface area contributed by atoms with Crippen molar-refractivity contribution in [2.24, 2.45) is 0 Å². The van der Waals surface area contributed by atoms with Gasteiger partial charge in [0.05, 0.1) is 0 Å². The van der Waals surface area contributed by atoms with Crippen LogP contribution in [0.4, 0.5) is 0 Å². The Morgan fingerprint density at radius 2 is 2.30 bits per heavy atom. The molecule has 1 aromatic heterocycles. The molecule has 2 aromatic rings. The third kappa shape index (κ3) is 2.03. The molecule has 20 heavy (non-hydrogen) atoms. The molecule has 1 fully saturated rings. The summed E-state index contributed by atoms with van der Waals surface area (Å²) in [5.41, 5.74) is 3.72. The van der Waals surface area contributed by atoms with E-state index in [1.165, 1.54) is 11.1 Å². The number of hydrogen-bond acceptors (Lipinski definition) is 5. The van der Waals surface area contributed by atoms with E-state index in [2.05, 4.69) is 33.7 Å². The second-order valence-electron chi connectivity index (χ2n) is 5.33. The van der Waals surface area contributed by atoms with E-state index in [-0.39, 0.29) is 6.10 Å². The van der Waals surface area contributed by atoms with Crippen LogP contribution >= 0.6 is 0 Å². The molecule has 0 bridgehead atoms. The van der Waals surface area contributed by atoms with Crippen LogP contribution in [0, 0.1) is 0 Å². The zero-order valence-electron chi connectivity index (χ0n) is 11.3. The predicted octanol–water partition coefficient (Wildman–Crippen LogP) is 2.23. The molecule has 5 nitrogen and oxygen atoms in total. The summed E-state index contributed by atoms with van der Waals surface area (Å²) in [7, 11) is 0. The number of rotatable bonds is 2. The fourth-order valence-electron chi connectivity index (χ4n) is 2.99. The molecule has 4 rings (SSSR count). The summed E-state index contributed by atoms with van der Waals surface area (Å²) in [5, 5.41) is 7.48. The number of hydrogen-bond donors (Lipinski definition) is 1. The van der Waals surface area contributed by atoms with E-state index >= 15 is 0 Å². The van der Waals surface area contributed by atoms with Gasteiger partial charge < -0.3 is 14.6 Å². The van der Waals surface area contributed by atoms with Gasteiger partial charge in [0, 0.05) is 18.7 Å². The number of nitrogens with zero attached hydrogens (tertiary/aromatic N) is 2. The highest BCUT2D eigenvalue weighted by atomic mass is 16.5. The van der Waals surface area contributed by atoms with Crippen LogP contribution in [0.5, 0.6) is 0 Å². The Morgan fingerprint density at radius 1 is 1.30 bits per heavy atom. The smallest absolute Gasteiger partial charge is 0.258 e. The van der Waals surface area contributed by atoms with E-state index in [9.17, 15) is 0 Å². The zero-order chi connectivity index (χ0) is 13.4. The normalized spacial score (nSPS) is 21.9. The molecule has 0 amide bonds. The Hall–Kier alpha value is -1.72. The van der Waals surface area contributed by atoms with Crippen LogP contribution in [-0.2, 0) is 17.7 Å². The highest BCUT2D eigenvalue weighted by Crippen LogP contribution is 2.31. The quantitative estimate of drug-likeness (QED) is 0.907. The van der Waals surface area contributed by atoms with Gasteiger partial charge in [-0.1, -0.05) is 17.3 Å². The molecule has 3 heterocycles. The Kier molecular flexibility index (Phi) is 3.01. The SMILES string of the molecule is c1cc2c(c(-c3nc(C4CCCO4)no3)c1)CCNC2. The summed E-state index contributed by atoms with van der Waals surface area (Å²) in [6, 6.07) is 6.27. The van der Waals surface area contributed by atoms with Gasteiger partial charge in [-0.2, -0.15) is 4.98 Å². The average Bonchev–Trinajstić information content (AvgIpc) is 3.17. The number of aromatic nitrogens is 2. The molecule has 1 N–H and O–H groups in total. The number of ether oxygens (including phenoxy) is 1. The lowest BCUT2D eigenvalue weighted by atomic mass is 9.95. The second-order valence-corrected chi connectivity index (χ2v) is 5.33. The van der Waals surface area contributed by atoms with Crippen LogP contribution < -0.4 is 5.32 Å². The lowest BCUT2D eigenvalue weighted by molar-refractivity contribution is 0.103. The highest BCUT2D eigenvalue weighted by Gasteiger charge is 2.24. The van der Waals surface area contributed by atoms with Gasteiger partial charge in [-0.15, -0.1) is 0 Å². The molecular formula is C15H17N3O2. The Morgan fingerprint density at radius 3 is 3.20 bits per heavy atom. The van der Waals surface area contributed by atoms with Crippen LogP contribution in [-0.4, -0.2) is 23.3 Å². The van der Waals surface area contributed by atoms with Crippen molar-refractivity contribution in [1.29, 1.82) is 0 Å². The van der Waals surface area contributed by atoms with Crippen molar-refractivity contribution in [1.82, 2.24) is 15.5 Å². The van der Waals surface area contributed by atoms with Crippen molar-refractivity contribution in [3.8, 4) is 11.5 Å². The third-order valence-corrected chi connectivity index (χ3v) is 4.03. The summed E-state index contributed by atoms with van der Waals surface area (Å²) in [6.45, 7) is 2.70. The lowest BCUT2D eigenvalue weighted by Crippen LogP contribution is -2.24. The van der Waals surface area contributed by atoms with Gasteiger partial charge in [0.2, 0.25) is 5.82 Å². The molecule has 0 spiro atoms. The Labute approximate surface area is 117 Å². The molecule has 1 aromatic carbocycles. The predicted molar refractivity (Wildman–Crippen MR) is 73.1 cm³/mol. The molecule has 0 saturated carbocycles. The second kappa shape index (κ2) is 5.00. The standard InChI is InChI=1S/C15H17N3O2/c1-3-10-9-16-7-6-11(10)12(4-1)15-17-14(18-20-15)13-5-2-8-19-13/h1,3-4,13,16H,2,5-9H2. The minimum atomic E-state index is 0.00806. The van der Waals surface area contributed by atoms with Crippen molar-refractivity contribution in [2.45, 2.75) is 31.9 Å². The number of benzene rings is 1. The summed E-state index contributed by atoms with van der Waals surface area (Å²) < 4.78 is 11.1. The van der Waals surface area contributed by atoms with Crippen LogP contribution in [0.25, 0.3) is 11.5 Å². The first-order valence-corrected chi connectivity index (χ1v) is 7.19. The molecule has 1 atom stereocenters. The lowest BCUT2D eigenvalue weighted by Gasteiger charge is -2.18. The summed E-state index contributed by atoms with van der Waals surface area (Å²) in [4.78, 5) is 4.55. The minimum Gasteiger partial charge on any atom is -0.370 e. The molecule has 1 saturated heterocycles.